The topological polar surface area (TPSA) is 105 Å². The van der Waals surface area contributed by atoms with Crippen LogP contribution in [-0.4, -0.2) is 34.7 Å². The number of benzene rings is 2. The largest absolute Gasteiger partial charge is 0.381 e. The third-order valence-corrected chi connectivity index (χ3v) is 7.29. The average Bonchev–Trinajstić information content (AvgIpc) is 3.15. The summed E-state index contributed by atoms with van der Waals surface area (Å²) in [5.41, 5.74) is 11.0. The lowest BCUT2D eigenvalue weighted by atomic mass is 9.82. The number of imide groups is 1. The number of amides is 3. The molecule has 172 valence electrons. The number of carbonyl (C=O) groups excluding carboxylic acids is 3. The first-order valence-corrected chi connectivity index (χ1v) is 11.8. The van der Waals surface area contributed by atoms with E-state index < -0.39 is 6.04 Å². The fourth-order valence-electron chi connectivity index (χ4n) is 5.31. The molecule has 2 heterocycles. The maximum Gasteiger partial charge on any atom is 0.255 e. The molecule has 2 fully saturated rings. The number of fused-ring (bicyclic) bond motifs is 1. The van der Waals surface area contributed by atoms with Crippen LogP contribution in [0.3, 0.4) is 0 Å². The Balaban J connectivity index is 1.25. The quantitative estimate of drug-likeness (QED) is 0.613. The van der Waals surface area contributed by atoms with Crippen LogP contribution in [0.1, 0.15) is 71.5 Å². The summed E-state index contributed by atoms with van der Waals surface area (Å²) in [4.78, 5) is 38.3. The lowest BCUT2D eigenvalue weighted by Gasteiger charge is -2.29. The monoisotopic (exact) mass is 446 g/mol. The zero-order valence-electron chi connectivity index (χ0n) is 18.7. The van der Waals surface area contributed by atoms with Crippen molar-refractivity contribution >= 4 is 23.4 Å². The number of carbonyl (C=O) groups is 3. The summed E-state index contributed by atoms with van der Waals surface area (Å²) < 4.78 is 0. The molecule has 3 amide bonds. The second-order valence-electron chi connectivity index (χ2n) is 9.44. The predicted molar refractivity (Wildman–Crippen MR) is 125 cm³/mol. The third kappa shape index (κ3) is 4.37. The summed E-state index contributed by atoms with van der Waals surface area (Å²) in [6.07, 6.45) is 5.14. The molecule has 2 aromatic carbocycles. The highest BCUT2D eigenvalue weighted by atomic mass is 16.2. The van der Waals surface area contributed by atoms with Gasteiger partial charge >= 0.3 is 0 Å². The molecule has 0 bridgehead atoms. The minimum absolute atomic E-state index is 0.153. The number of hydrogen-bond acceptors (Lipinski definition) is 5. The van der Waals surface area contributed by atoms with E-state index in [2.05, 4.69) is 34.9 Å². The van der Waals surface area contributed by atoms with Crippen molar-refractivity contribution in [3.05, 3.63) is 64.7 Å². The van der Waals surface area contributed by atoms with Crippen LogP contribution in [-0.2, 0) is 22.7 Å². The van der Waals surface area contributed by atoms with Gasteiger partial charge in [-0.25, -0.2) is 0 Å². The highest BCUT2D eigenvalue weighted by Crippen LogP contribution is 2.34. The van der Waals surface area contributed by atoms with Gasteiger partial charge in [0.1, 0.15) is 6.04 Å². The van der Waals surface area contributed by atoms with Gasteiger partial charge in [-0.3, -0.25) is 19.7 Å². The summed E-state index contributed by atoms with van der Waals surface area (Å²) in [6, 6.07) is 14.2. The zero-order valence-corrected chi connectivity index (χ0v) is 18.7. The highest BCUT2D eigenvalue weighted by Gasteiger charge is 2.39. The van der Waals surface area contributed by atoms with E-state index in [-0.39, 0.29) is 24.1 Å². The van der Waals surface area contributed by atoms with E-state index in [0.29, 0.717) is 37.0 Å². The van der Waals surface area contributed by atoms with Crippen LogP contribution >= 0.6 is 0 Å². The molecule has 1 aliphatic carbocycles. The normalized spacial score (nSPS) is 25.1. The Hall–Kier alpha value is -3.19. The van der Waals surface area contributed by atoms with E-state index in [1.54, 1.807) is 11.0 Å². The molecule has 1 saturated carbocycles. The molecule has 1 atom stereocenters. The number of rotatable bonds is 5. The predicted octanol–water partition coefficient (Wildman–Crippen LogP) is 3.04. The smallest absolute Gasteiger partial charge is 0.255 e. The highest BCUT2D eigenvalue weighted by molar-refractivity contribution is 6.06. The molecule has 0 radical (unpaired) electrons. The molecule has 3 aliphatic rings. The minimum Gasteiger partial charge on any atom is -0.381 e. The Morgan fingerprint density at radius 1 is 0.970 bits per heavy atom. The molecule has 7 nitrogen and oxygen atoms in total. The number of piperidine rings is 1. The van der Waals surface area contributed by atoms with Gasteiger partial charge in [0.05, 0.1) is 0 Å². The Morgan fingerprint density at radius 2 is 1.73 bits per heavy atom. The first-order valence-electron chi connectivity index (χ1n) is 11.8. The SMILES string of the molecule is NC1CCC(c2ccc(CNc3cccc4c3CN(C3CCC(=O)NC3=O)C4=O)cc2)CC1. The number of hydrogen-bond donors (Lipinski definition) is 3. The van der Waals surface area contributed by atoms with E-state index in [0.717, 1.165) is 36.9 Å². The molecule has 1 unspecified atom stereocenters. The standard InChI is InChI=1S/C26H30N4O3/c27-19-10-8-18(9-11-19)17-6-4-16(5-7-17)14-28-22-3-1-2-20-21(22)15-30(26(20)33)23-12-13-24(31)29-25(23)32/h1-7,18-19,23,28H,8-15,27H2,(H,29,31,32). The molecule has 2 aromatic rings. The summed E-state index contributed by atoms with van der Waals surface area (Å²) in [5, 5.41) is 5.83. The van der Waals surface area contributed by atoms with Gasteiger partial charge in [0.25, 0.3) is 5.91 Å². The fourth-order valence-corrected chi connectivity index (χ4v) is 5.31. The van der Waals surface area contributed by atoms with Crippen LogP contribution in [0.25, 0.3) is 0 Å². The molecule has 4 N–H and O–H groups in total. The van der Waals surface area contributed by atoms with Gasteiger partial charge in [-0.2, -0.15) is 0 Å². The second-order valence-corrected chi connectivity index (χ2v) is 9.44. The average molecular weight is 447 g/mol. The van der Waals surface area contributed by atoms with Gasteiger partial charge in [-0.1, -0.05) is 30.3 Å². The number of nitrogens with one attached hydrogen (secondary N) is 2. The van der Waals surface area contributed by atoms with Crippen molar-refractivity contribution in [2.75, 3.05) is 5.32 Å². The van der Waals surface area contributed by atoms with Crippen molar-refractivity contribution in [1.29, 1.82) is 0 Å². The Labute approximate surface area is 193 Å². The maximum atomic E-state index is 13.0. The molecule has 2 aliphatic heterocycles. The van der Waals surface area contributed by atoms with E-state index in [9.17, 15) is 14.4 Å². The van der Waals surface area contributed by atoms with Gasteiger partial charge in [0.2, 0.25) is 11.8 Å². The van der Waals surface area contributed by atoms with Crippen molar-refractivity contribution in [3.63, 3.8) is 0 Å². The molecule has 0 aromatic heterocycles. The van der Waals surface area contributed by atoms with Crippen molar-refractivity contribution in [2.24, 2.45) is 5.73 Å². The van der Waals surface area contributed by atoms with Crippen LogP contribution in [0.5, 0.6) is 0 Å². The van der Waals surface area contributed by atoms with Gasteiger partial charge in [-0.05, 0) is 61.3 Å². The Bertz CT molecular complexity index is 1070. The first-order chi connectivity index (χ1) is 16.0. The van der Waals surface area contributed by atoms with E-state index in [1.165, 1.54) is 11.1 Å². The summed E-state index contributed by atoms with van der Waals surface area (Å²) in [7, 11) is 0. The van der Waals surface area contributed by atoms with Crippen LogP contribution in [0, 0.1) is 0 Å². The summed E-state index contributed by atoms with van der Waals surface area (Å²) in [6.45, 7) is 1.02. The number of anilines is 1. The van der Waals surface area contributed by atoms with Crippen LogP contribution < -0.4 is 16.4 Å². The Kier molecular flexibility index (Phi) is 5.89. The number of nitrogens with two attached hydrogens (primary N) is 1. The molecular formula is C26H30N4O3. The fraction of sp³-hybridized carbons (Fsp3) is 0.423. The van der Waals surface area contributed by atoms with Gasteiger partial charge in [0, 0.05) is 42.4 Å². The lowest BCUT2D eigenvalue weighted by Crippen LogP contribution is -2.52. The summed E-state index contributed by atoms with van der Waals surface area (Å²) >= 11 is 0. The Morgan fingerprint density at radius 3 is 2.45 bits per heavy atom. The molecule has 7 heteroatoms. The first kappa shape index (κ1) is 21.6. The lowest BCUT2D eigenvalue weighted by molar-refractivity contribution is -0.136. The number of nitrogens with zero attached hydrogens (tertiary/aromatic N) is 1. The summed E-state index contributed by atoms with van der Waals surface area (Å²) in [5.74, 6) is -0.212. The van der Waals surface area contributed by atoms with Gasteiger partial charge in [0.15, 0.2) is 0 Å². The molecule has 33 heavy (non-hydrogen) atoms. The molecular weight excluding hydrogens is 416 g/mol. The van der Waals surface area contributed by atoms with Crippen molar-refractivity contribution in [3.8, 4) is 0 Å². The van der Waals surface area contributed by atoms with Crippen LogP contribution in [0.4, 0.5) is 5.69 Å². The van der Waals surface area contributed by atoms with E-state index in [1.807, 2.05) is 12.1 Å². The maximum absolute atomic E-state index is 13.0. The van der Waals surface area contributed by atoms with Gasteiger partial charge < -0.3 is 16.0 Å². The van der Waals surface area contributed by atoms with Gasteiger partial charge in [-0.15, -0.1) is 0 Å². The van der Waals surface area contributed by atoms with Crippen LogP contribution in [0.2, 0.25) is 0 Å². The van der Waals surface area contributed by atoms with Crippen molar-refractivity contribution in [2.45, 2.75) is 69.6 Å². The van der Waals surface area contributed by atoms with Crippen LogP contribution in [0.15, 0.2) is 42.5 Å². The molecule has 1 saturated heterocycles. The van der Waals surface area contributed by atoms with Crippen molar-refractivity contribution in [1.82, 2.24) is 10.2 Å². The molecule has 5 rings (SSSR count). The van der Waals surface area contributed by atoms with E-state index in [4.69, 9.17) is 5.73 Å². The third-order valence-electron chi connectivity index (χ3n) is 7.29. The molecule has 0 spiro atoms. The second kappa shape index (κ2) is 8.98. The van der Waals surface area contributed by atoms with E-state index >= 15 is 0 Å². The minimum atomic E-state index is -0.600. The van der Waals surface area contributed by atoms with Crippen molar-refractivity contribution < 1.29 is 14.4 Å². The zero-order chi connectivity index (χ0) is 22.9.